The van der Waals surface area contributed by atoms with E-state index in [-0.39, 0.29) is 6.61 Å². The number of rotatable bonds is 3. The van der Waals surface area contributed by atoms with E-state index in [0.717, 1.165) is 5.56 Å². The number of carbonyl (C=O) groups excluding carboxylic acids is 1. The fraction of sp³-hybridized carbons (Fsp3) is 0.462. The van der Waals surface area contributed by atoms with Gasteiger partial charge in [-0.25, -0.2) is 4.79 Å². The van der Waals surface area contributed by atoms with Crippen LogP contribution in [0.4, 0.5) is 4.79 Å². The first-order chi connectivity index (χ1) is 7.90. The van der Waals surface area contributed by atoms with Gasteiger partial charge in [-0.15, -0.1) is 0 Å². The molecule has 0 radical (unpaired) electrons. The Morgan fingerprint density at radius 2 is 1.82 bits per heavy atom. The summed E-state index contributed by atoms with van der Waals surface area (Å²) in [7, 11) is 0. The molecule has 4 heteroatoms. The third-order valence-corrected chi connectivity index (χ3v) is 1.91. The molecule has 1 aromatic rings. The van der Waals surface area contributed by atoms with E-state index in [9.17, 15) is 4.79 Å². The highest BCUT2D eigenvalue weighted by atomic mass is 16.7. The number of ether oxygens (including phenoxy) is 2. The van der Waals surface area contributed by atoms with Gasteiger partial charge in [0.25, 0.3) is 0 Å². The van der Waals surface area contributed by atoms with Crippen molar-refractivity contribution in [1.29, 1.82) is 0 Å². The second kappa shape index (κ2) is 5.68. The van der Waals surface area contributed by atoms with Gasteiger partial charge in [0.2, 0.25) is 0 Å². The monoisotopic (exact) mass is 238 g/mol. The molecule has 0 fully saturated rings. The first-order valence-corrected chi connectivity index (χ1v) is 5.51. The maximum Gasteiger partial charge on any atom is 0.514 e. The zero-order valence-corrected chi connectivity index (χ0v) is 10.4. The molecule has 0 aromatic heterocycles. The van der Waals surface area contributed by atoms with Gasteiger partial charge in [-0.3, -0.25) is 0 Å². The summed E-state index contributed by atoms with van der Waals surface area (Å²) in [5, 5.41) is 8.76. The van der Waals surface area contributed by atoms with Crippen molar-refractivity contribution in [2.24, 2.45) is 0 Å². The summed E-state index contributed by atoms with van der Waals surface area (Å²) >= 11 is 0. The van der Waals surface area contributed by atoms with Gasteiger partial charge in [0, 0.05) is 6.61 Å². The normalized spacial score (nSPS) is 11.1. The molecule has 94 valence electrons. The minimum Gasteiger partial charge on any atom is -0.428 e. The molecule has 0 aliphatic rings. The van der Waals surface area contributed by atoms with Crippen LogP contribution in [0.3, 0.4) is 0 Å². The number of benzene rings is 1. The highest BCUT2D eigenvalue weighted by molar-refractivity contribution is 5.64. The quantitative estimate of drug-likeness (QED) is 0.649. The van der Waals surface area contributed by atoms with Crippen molar-refractivity contribution in [2.45, 2.75) is 32.8 Å². The van der Waals surface area contributed by atoms with Crippen LogP contribution >= 0.6 is 0 Å². The van der Waals surface area contributed by atoms with Crippen LogP contribution in [0.5, 0.6) is 5.75 Å². The molecule has 0 aliphatic heterocycles. The van der Waals surface area contributed by atoms with Gasteiger partial charge >= 0.3 is 6.16 Å². The topological polar surface area (TPSA) is 55.8 Å². The molecule has 0 heterocycles. The third-order valence-electron chi connectivity index (χ3n) is 1.91. The van der Waals surface area contributed by atoms with Crippen LogP contribution in [0.25, 0.3) is 0 Å². The number of aliphatic hydroxyl groups excluding tert-OH is 1. The third kappa shape index (κ3) is 5.36. The lowest BCUT2D eigenvalue weighted by Crippen LogP contribution is -2.25. The molecule has 0 unspecified atom stereocenters. The lowest BCUT2D eigenvalue weighted by Gasteiger charge is -2.18. The molecule has 0 bridgehead atoms. The molecule has 0 spiro atoms. The lowest BCUT2D eigenvalue weighted by atomic mass is 10.1. The van der Waals surface area contributed by atoms with Crippen molar-refractivity contribution in [3.63, 3.8) is 0 Å². The van der Waals surface area contributed by atoms with Crippen LogP contribution in [-0.2, 0) is 11.2 Å². The molecule has 0 aliphatic carbocycles. The summed E-state index contributed by atoms with van der Waals surface area (Å²) in [6.07, 6.45) is -0.125. The van der Waals surface area contributed by atoms with Gasteiger partial charge in [-0.05, 0) is 44.9 Å². The van der Waals surface area contributed by atoms with E-state index in [1.54, 1.807) is 45.0 Å². The molecule has 0 amide bonds. The second-order valence-corrected chi connectivity index (χ2v) is 4.68. The van der Waals surface area contributed by atoms with E-state index >= 15 is 0 Å². The van der Waals surface area contributed by atoms with Crippen LogP contribution in [0.2, 0.25) is 0 Å². The Hall–Kier alpha value is -1.55. The highest BCUT2D eigenvalue weighted by Crippen LogP contribution is 2.15. The average Bonchev–Trinajstić information content (AvgIpc) is 2.18. The summed E-state index contributed by atoms with van der Waals surface area (Å²) in [6, 6.07) is 6.95. The molecule has 1 N–H and O–H groups in total. The first-order valence-electron chi connectivity index (χ1n) is 5.51. The highest BCUT2D eigenvalue weighted by Gasteiger charge is 2.17. The number of hydrogen-bond donors (Lipinski definition) is 1. The zero-order chi connectivity index (χ0) is 12.9. The minimum absolute atomic E-state index is 0.103. The maximum absolute atomic E-state index is 11.4. The molecule has 1 aromatic carbocycles. The summed E-state index contributed by atoms with van der Waals surface area (Å²) in [5.74, 6) is 0.431. The predicted octanol–water partition coefficient (Wildman–Crippen LogP) is 2.54. The van der Waals surface area contributed by atoms with Gasteiger partial charge in [-0.1, -0.05) is 12.1 Å². The van der Waals surface area contributed by atoms with Crippen molar-refractivity contribution in [2.75, 3.05) is 6.61 Å². The lowest BCUT2D eigenvalue weighted by molar-refractivity contribution is 0.0206. The number of carbonyl (C=O) groups is 1. The fourth-order valence-electron chi connectivity index (χ4n) is 1.22. The molecule has 0 atom stereocenters. The van der Waals surface area contributed by atoms with Crippen LogP contribution in [-0.4, -0.2) is 23.5 Å². The Morgan fingerprint density at radius 3 is 2.29 bits per heavy atom. The Morgan fingerprint density at radius 1 is 1.24 bits per heavy atom. The molecule has 1 rings (SSSR count). The predicted molar refractivity (Wildman–Crippen MR) is 64.1 cm³/mol. The van der Waals surface area contributed by atoms with Gasteiger partial charge in [0.15, 0.2) is 0 Å². The SMILES string of the molecule is CC(C)(C)OC(=O)Oc1ccc(CCO)cc1. The maximum atomic E-state index is 11.4. The van der Waals surface area contributed by atoms with E-state index in [2.05, 4.69) is 0 Å². The summed E-state index contributed by atoms with van der Waals surface area (Å²) in [5.41, 5.74) is 0.428. The molecule has 17 heavy (non-hydrogen) atoms. The standard InChI is InChI=1S/C13H18O4/c1-13(2,3)17-12(15)16-11-6-4-10(5-7-11)8-9-14/h4-7,14H,8-9H2,1-3H3. The molecule has 0 saturated heterocycles. The van der Waals surface area contributed by atoms with E-state index in [1.165, 1.54) is 0 Å². The average molecular weight is 238 g/mol. The van der Waals surface area contributed by atoms with Crippen molar-refractivity contribution < 1.29 is 19.4 Å². The molecule has 4 nitrogen and oxygen atoms in total. The smallest absolute Gasteiger partial charge is 0.428 e. The van der Waals surface area contributed by atoms with E-state index < -0.39 is 11.8 Å². The zero-order valence-electron chi connectivity index (χ0n) is 10.4. The number of aliphatic hydroxyl groups is 1. The summed E-state index contributed by atoms with van der Waals surface area (Å²) in [6.45, 7) is 5.43. The Bertz CT molecular complexity index is 362. The second-order valence-electron chi connectivity index (χ2n) is 4.68. The van der Waals surface area contributed by atoms with Crippen LogP contribution < -0.4 is 4.74 Å². The Balaban J connectivity index is 2.54. The number of hydrogen-bond acceptors (Lipinski definition) is 4. The van der Waals surface area contributed by atoms with Crippen molar-refractivity contribution >= 4 is 6.16 Å². The first kappa shape index (κ1) is 13.5. The fourth-order valence-corrected chi connectivity index (χ4v) is 1.22. The van der Waals surface area contributed by atoms with Gasteiger partial charge < -0.3 is 14.6 Å². The largest absolute Gasteiger partial charge is 0.514 e. The Kier molecular flexibility index (Phi) is 4.52. The van der Waals surface area contributed by atoms with E-state index in [0.29, 0.717) is 12.2 Å². The van der Waals surface area contributed by atoms with Gasteiger partial charge in [0.05, 0.1) is 0 Å². The molecule has 0 saturated carbocycles. The minimum atomic E-state index is -0.715. The van der Waals surface area contributed by atoms with Gasteiger partial charge in [-0.2, -0.15) is 0 Å². The van der Waals surface area contributed by atoms with Gasteiger partial charge in [0.1, 0.15) is 11.4 Å². The summed E-state index contributed by atoms with van der Waals surface area (Å²) in [4.78, 5) is 11.4. The Labute approximate surface area is 101 Å². The van der Waals surface area contributed by atoms with E-state index in [1.807, 2.05) is 0 Å². The summed E-state index contributed by atoms with van der Waals surface area (Å²) < 4.78 is 10.0. The van der Waals surface area contributed by atoms with Crippen LogP contribution in [0, 0.1) is 0 Å². The van der Waals surface area contributed by atoms with E-state index in [4.69, 9.17) is 14.6 Å². The molecular formula is C13H18O4. The van der Waals surface area contributed by atoms with Crippen LogP contribution in [0.15, 0.2) is 24.3 Å². The molecular weight excluding hydrogens is 220 g/mol. The van der Waals surface area contributed by atoms with Crippen molar-refractivity contribution in [3.05, 3.63) is 29.8 Å². The van der Waals surface area contributed by atoms with Crippen LogP contribution in [0.1, 0.15) is 26.3 Å². The van der Waals surface area contributed by atoms with Crippen molar-refractivity contribution in [3.8, 4) is 5.75 Å². The van der Waals surface area contributed by atoms with Crippen molar-refractivity contribution in [1.82, 2.24) is 0 Å².